The lowest BCUT2D eigenvalue weighted by Gasteiger charge is -2.18. The summed E-state index contributed by atoms with van der Waals surface area (Å²) in [4.78, 5) is 0. The molecule has 0 fully saturated rings. The van der Waals surface area contributed by atoms with Crippen LogP contribution in [0, 0.1) is 5.82 Å². The van der Waals surface area contributed by atoms with Crippen molar-refractivity contribution in [1.29, 1.82) is 0 Å². The van der Waals surface area contributed by atoms with Crippen LogP contribution in [0.5, 0.6) is 0 Å². The number of rotatable bonds is 3. The van der Waals surface area contributed by atoms with Crippen molar-refractivity contribution in [3.63, 3.8) is 0 Å². The Morgan fingerprint density at radius 1 is 1.41 bits per heavy atom. The quantitative estimate of drug-likeness (QED) is 0.911. The third-order valence-electron chi connectivity index (χ3n) is 2.73. The lowest BCUT2D eigenvalue weighted by Crippen LogP contribution is -2.22. The topological polar surface area (TPSA) is 29.9 Å². The summed E-state index contributed by atoms with van der Waals surface area (Å²) >= 11 is 6.06. The smallest absolute Gasteiger partial charge is 0.129 e. The van der Waals surface area contributed by atoms with Crippen LogP contribution in [-0.2, 0) is 7.05 Å². The van der Waals surface area contributed by atoms with Crippen molar-refractivity contribution in [2.45, 2.75) is 6.04 Å². The molecular formula is C12H13ClFN3. The van der Waals surface area contributed by atoms with Crippen LogP contribution in [0.2, 0.25) is 5.02 Å². The van der Waals surface area contributed by atoms with Gasteiger partial charge in [-0.15, -0.1) is 0 Å². The Morgan fingerprint density at radius 2 is 2.18 bits per heavy atom. The summed E-state index contributed by atoms with van der Waals surface area (Å²) in [5, 5.41) is 7.55. The van der Waals surface area contributed by atoms with E-state index in [1.165, 1.54) is 6.07 Å². The molecule has 1 unspecified atom stereocenters. The maximum absolute atomic E-state index is 13.9. The van der Waals surface area contributed by atoms with Gasteiger partial charge in [-0.2, -0.15) is 5.10 Å². The highest BCUT2D eigenvalue weighted by atomic mass is 35.5. The second kappa shape index (κ2) is 4.85. The van der Waals surface area contributed by atoms with E-state index in [2.05, 4.69) is 10.4 Å². The van der Waals surface area contributed by atoms with Crippen molar-refractivity contribution in [1.82, 2.24) is 15.1 Å². The zero-order valence-electron chi connectivity index (χ0n) is 9.61. The zero-order chi connectivity index (χ0) is 12.4. The van der Waals surface area contributed by atoms with E-state index in [0.29, 0.717) is 10.6 Å². The third kappa shape index (κ3) is 2.18. The number of aromatic nitrogens is 2. The molecule has 3 nitrogen and oxygen atoms in total. The highest BCUT2D eigenvalue weighted by Gasteiger charge is 2.21. The van der Waals surface area contributed by atoms with Crippen LogP contribution >= 0.6 is 11.6 Å². The van der Waals surface area contributed by atoms with Gasteiger partial charge in [0.1, 0.15) is 5.82 Å². The summed E-state index contributed by atoms with van der Waals surface area (Å²) in [5.74, 6) is -0.321. The van der Waals surface area contributed by atoms with E-state index in [-0.39, 0.29) is 11.9 Å². The summed E-state index contributed by atoms with van der Waals surface area (Å²) in [5.41, 5.74) is 1.31. The Morgan fingerprint density at radius 3 is 2.71 bits per heavy atom. The van der Waals surface area contributed by atoms with Gasteiger partial charge in [-0.25, -0.2) is 4.39 Å². The fourth-order valence-electron chi connectivity index (χ4n) is 1.89. The van der Waals surface area contributed by atoms with E-state index in [1.54, 1.807) is 30.1 Å². The van der Waals surface area contributed by atoms with Gasteiger partial charge in [-0.05, 0) is 25.2 Å². The van der Waals surface area contributed by atoms with Crippen LogP contribution < -0.4 is 5.32 Å². The van der Waals surface area contributed by atoms with E-state index < -0.39 is 0 Å². The molecule has 0 aliphatic heterocycles. The molecule has 0 saturated heterocycles. The molecule has 90 valence electrons. The van der Waals surface area contributed by atoms with Crippen molar-refractivity contribution in [3.05, 3.63) is 52.6 Å². The first-order valence-electron chi connectivity index (χ1n) is 5.24. The van der Waals surface area contributed by atoms with Gasteiger partial charge in [0.15, 0.2) is 0 Å². The summed E-state index contributed by atoms with van der Waals surface area (Å²) < 4.78 is 15.6. The number of hydrogen-bond acceptors (Lipinski definition) is 2. The average molecular weight is 254 g/mol. The maximum Gasteiger partial charge on any atom is 0.129 e. The molecule has 2 rings (SSSR count). The van der Waals surface area contributed by atoms with Gasteiger partial charge >= 0.3 is 0 Å². The van der Waals surface area contributed by atoms with Crippen molar-refractivity contribution in [3.8, 4) is 0 Å². The van der Waals surface area contributed by atoms with Crippen LogP contribution in [-0.4, -0.2) is 16.8 Å². The Labute approximate surface area is 104 Å². The fraction of sp³-hybridized carbons (Fsp3) is 0.250. The zero-order valence-corrected chi connectivity index (χ0v) is 10.4. The number of nitrogens with one attached hydrogen (secondary N) is 1. The molecule has 0 radical (unpaired) electrons. The summed E-state index contributed by atoms with van der Waals surface area (Å²) in [6.45, 7) is 0. The molecule has 5 heteroatoms. The highest BCUT2D eigenvalue weighted by Crippen LogP contribution is 2.29. The Bertz CT molecular complexity index is 504. The molecule has 2 aromatic rings. The number of benzene rings is 1. The van der Waals surface area contributed by atoms with Crippen molar-refractivity contribution in [2.24, 2.45) is 7.05 Å². The normalized spacial score (nSPS) is 12.7. The van der Waals surface area contributed by atoms with Gasteiger partial charge in [0.05, 0.1) is 11.7 Å². The summed E-state index contributed by atoms with van der Waals surface area (Å²) in [6.07, 6.45) is 1.68. The van der Waals surface area contributed by atoms with Gasteiger partial charge < -0.3 is 5.32 Å². The lowest BCUT2D eigenvalue weighted by molar-refractivity contribution is 0.552. The molecule has 1 aromatic carbocycles. The maximum atomic E-state index is 13.9. The van der Waals surface area contributed by atoms with Crippen LogP contribution in [0.1, 0.15) is 17.3 Å². The first-order chi connectivity index (χ1) is 8.15. The van der Waals surface area contributed by atoms with Crippen molar-refractivity contribution < 1.29 is 4.39 Å². The number of halogens is 2. The molecule has 0 amide bonds. The van der Waals surface area contributed by atoms with Crippen LogP contribution in [0.4, 0.5) is 4.39 Å². The number of hydrogen-bond donors (Lipinski definition) is 1. The third-order valence-corrected chi connectivity index (χ3v) is 3.06. The molecule has 0 aliphatic carbocycles. The van der Waals surface area contributed by atoms with Crippen LogP contribution in [0.25, 0.3) is 0 Å². The molecule has 0 aliphatic rings. The Hall–Kier alpha value is -1.39. The predicted molar refractivity (Wildman–Crippen MR) is 65.5 cm³/mol. The van der Waals surface area contributed by atoms with E-state index in [1.807, 2.05) is 13.1 Å². The Balaban J connectivity index is 2.53. The molecule has 0 spiro atoms. The molecule has 1 N–H and O–H groups in total. The van der Waals surface area contributed by atoms with E-state index in [4.69, 9.17) is 11.6 Å². The molecule has 0 saturated carbocycles. The largest absolute Gasteiger partial charge is 0.308 e. The van der Waals surface area contributed by atoms with Gasteiger partial charge in [0, 0.05) is 23.8 Å². The molecule has 1 aromatic heterocycles. The van der Waals surface area contributed by atoms with Crippen LogP contribution in [0.15, 0.2) is 30.5 Å². The van der Waals surface area contributed by atoms with E-state index in [0.717, 1.165) is 5.69 Å². The van der Waals surface area contributed by atoms with Gasteiger partial charge in [0.25, 0.3) is 0 Å². The van der Waals surface area contributed by atoms with Crippen molar-refractivity contribution in [2.75, 3.05) is 7.05 Å². The Kier molecular flexibility index (Phi) is 3.45. The fourth-order valence-corrected chi connectivity index (χ4v) is 2.17. The lowest BCUT2D eigenvalue weighted by atomic mass is 10.0. The number of nitrogens with zero attached hydrogens (tertiary/aromatic N) is 2. The van der Waals surface area contributed by atoms with Gasteiger partial charge in [-0.3, -0.25) is 4.68 Å². The molecular weight excluding hydrogens is 241 g/mol. The second-order valence-corrected chi connectivity index (χ2v) is 4.14. The molecule has 0 bridgehead atoms. The molecule has 1 atom stereocenters. The first kappa shape index (κ1) is 12.1. The minimum atomic E-state index is -0.321. The molecule has 17 heavy (non-hydrogen) atoms. The SMILES string of the molecule is CNC(c1c(F)cccc1Cl)c1ccnn1C. The minimum Gasteiger partial charge on any atom is -0.308 e. The average Bonchev–Trinajstić information content (AvgIpc) is 2.70. The van der Waals surface area contributed by atoms with E-state index >= 15 is 0 Å². The number of aryl methyl sites for hydroxylation is 1. The van der Waals surface area contributed by atoms with Crippen LogP contribution in [0.3, 0.4) is 0 Å². The monoisotopic (exact) mass is 253 g/mol. The second-order valence-electron chi connectivity index (χ2n) is 3.74. The van der Waals surface area contributed by atoms with Gasteiger partial charge in [0.2, 0.25) is 0 Å². The first-order valence-corrected chi connectivity index (χ1v) is 5.62. The highest BCUT2D eigenvalue weighted by molar-refractivity contribution is 6.31. The van der Waals surface area contributed by atoms with Gasteiger partial charge in [-0.1, -0.05) is 17.7 Å². The summed E-state index contributed by atoms with van der Waals surface area (Å²) in [7, 11) is 3.58. The van der Waals surface area contributed by atoms with E-state index in [9.17, 15) is 4.39 Å². The standard InChI is InChI=1S/C12H13ClFN3/c1-15-12(10-6-7-16-17(10)2)11-8(13)4-3-5-9(11)14/h3-7,12,15H,1-2H3. The summed E-state index contributed by atoms with van der Waals surface area (Å²) in [6, 6.07) is 6.21. The minimum absolute atomic E-state index is 0.309. The molecule has 1 heterocycles. The van der Waals surface area contributed by atoms with Crippen molar-refractivity contribution >= 4 is 11.6 Å². The predicted octanol–water partition coefficient (Wildman–Crippen LogP) is 2.52.